The molecule has 1 saturated heterocycles. The molecule has 0 N–H and O–H groups in total. The highest BCUT2D eigenvalue weighted by Crippen LogP contribution is 2.36. The number of para-hydroxylation sites is 1. The fraction of sp³-hybridized carbons (Fsp3) is 0.429. The van der Waals surface area contributed by atoms with Crippen LogP contribution in [-0.4, -0.2) is 26.0 Å². The third kappa shape index (κ3) is 2.94. The quantitative estimate of drug-likeness (QED) is 0.710. The summed E-state index contributed by atoms with van der Waals surface area (Å²) in [6.07, 6.45) is 2.19. The zero-order valence-electron chi connectivity index (χ0n) is 16.4. The van der Waals surface area contributed by atoms with E-state index in [1.54, 1.807) is 4.68 Å². The third-order valence-corrected chi connectivity index (χ3v) is 5.82. The Labute approximate surface area is 159 Å². The predicted molar refractivity (Wildman–Crippen MR) is 104 cm³/mol. The molecule has 0 amide bonds. The van der Waals surface area contributed by atoms with Crippen molar-refractivity contribution < 1.29 is 4.52 Å². The fourth-order valence-electron chi connectivity index (χ4n) is 4.32. The number of hydrogen-bond acceptors (Lipinski definition) is 4. The maximum atomic E-state index is 13.2. The molecule has 27 heavy (non-hydrogen) atoms. The topological polar surface area (TPSA) is 56.2 Å². The van der Waals surface area contributed by atoms with E-state index >= 15 is 0 Å². The van der Waals surface area contributed by atoms with E-state index in [2.05, 4.69) is 10.1 Å². The number of benzene rings is 1. The Hall–Kier alpha value is -2.60. The van der Waals surface area contributed by atoms with Crippen molar-refractivity contribution in [3.05, 3.63) is 69.0 Å². The van der Waals surface area contributed by atoms with Crippen LogP contribution < -0.4 is 5.56 Å². The van der Waals surface area contributed by atoms with E-state index < -0.39 is 0 Å². The Morgan fingerprint density at radius 1 is 1.19 bits per heavy atom. The highest BCUT2D eigenvalue weighted by molar-refractivity contribution is 5.34. The molecular formula is C21H26N4O2. The van der Waals surface area contributed by atoms with Gasteiger partial charge in [-0.25, -0.2) is 4.68 Å². The van der Waals surface area contributed by atoms with Crippen molar-refractivity contribution in [2.24, 2.45) is 7.05 Å². The Morgan fingerprint density at radius 2 is 1.93 bits per heavy atom. The van der Waals surface area contributed by atoms with Gasteiger partial charge in [-0.1, -0.05) is 23.4 Å². The van der Waals surface area contributed by atoms with Gasteiger partial charge in [0.15, 0.2) is 0 Å². The lowest BCUT2D eigenvalue weighted by Crippen LogP contribution is -2.28. The number of likely N-dealkylation sites (tertiary alicyclic amines) is 1. The molecule has 1 aliphatic rings. The van der Waals surface area contributed by atoms with Crippen LogP contribution in [0.4, 0.5) is 0 Å². The van der Waals surface area contributed by atoms with Crippen LogP contribution in [0, 0.1) is 20.8 Å². The van der Waals surface area contributed by atoms with Gasteiger partial charge in [0.1, 0.15) is 5.76 Å². The summed E-state index contributed by atoms with van der Waals surface area (Å²) in [6.45, 7) is 7.62. The molecular weight excluding hydrogens is 340 g/mol. The normalized spacial score (nSPS) is 17.7. The van der Waals surface area contributed by atoms with Gasteiger partial charge in [-0.2, -0.15) is 0 Å². The largest absolute Gasteiger partial charge is 0.361 e. The van der Waals surface area contributed by atoms with Crippen molar-refractivity contribution in [2.45, 2.75) is 46.2 Å². The lowest BCUT2D eigenvalue weighted by molar-refractivity contribution is 0.244. The zero-order chi connectivity index (χ0) is 19.1. The first-order valence-corrected chi connectivity index (χ1v) is 9.48. The maximum absolute atomic E-state index is 13.2. The van der Waals surface area contributed by atoms with Gasteiger partial charge in [-0.3, -0.25) is 14.4 Å². The molecule has 1 atom stereocenters. The van der Waals surface area contributed by atoms with Crippen molar-refractivity contribution in [1.29, 1.82) is 0 Å². The van der Waals surface area contributed by atoms with Crippen molar-refractivity contribution in [3.63, 3.8) is 0 Å². The number of rotatable bonds is 4. The molecule has 0 saturated carbocycles. The van der Waals surface area contributed by atoms with Crippen LogP contribution >= 0.6 is 0 Å². The van der Waals surface area contributed by atoms with E-state index in [0.717, 1.165) is 47.8 Å². The van der Waals surface area contributed by atoms with Crippen molar-refractivity contribution >= 4 is 0 Å². The van der Waals surface area contributed by atoms with Crippen LogP contribution in [-0.2, 0) is 13.6 Å². The molecule has 4 rings (SSSR count). The minimum absolute atomic E-state index is 0.0608. The Balaban J connectivity index is 1.70. The minimum atomic E-state index is 0.0608. The second-order valence-corrected chi connectivity index (χ2v) is 7.41. The molecule has 0 radical (unpaired) electrons. The molecule has 0 aliphatic carbocycles. The second kappa shape index (κ2) is 6.85. The maximum Gasteiger partial charge on any atom is 0.276 e. The summed E-state index contributed by atoms with van der Waals surface area (Å²) in [5.41, 5.74) is 4.96. The summed E-state index contributed by atoms with van der Waals surface area (Å²) >= 11 is 0. The van der Waals surface area contributed by atoms with Crippen LogP contribution in [0.5, 0.6) is 0 Å². The molecule has 142 valence electrons. The average Bonchev–Trinajstić information content (AvgIpc) is 3.30. The minimum Gasteiger partial charge on any atom is -0.361 e. The predicted octanol–water partition coefficient (Wildman–Crippen LogP) is 3.43. The molecule has 2 aromatic heterocycles. The van der Waals surface area contributed by atoms with Gasteiger partial charge in [-0.05, 0) is 52.3 Å². The van der Waals surface area contributed by atoms with Crippen molar-refractivity contribution in [3.8, 4) is 5.69 Å². The van der Waals surface area contributed by atoms with Gasteiger partial charge in [-0.15, -0.1) is 0 Å². The monoisotopic (exact) mass is 366 g/mol. The number of aromatic nitrogens is 3. The molecule has 0 spiro atoms. The van der Waals surface area contributed by atoms with E-state index in [4.69, 9.17) is 4.52 Å². The van der Waals surface area contributed by atoms with Gasteiger partial charge >= 0.3 is 0 Å². The molecule has 6 nitrogen and oxygen atoms in total. The summed E-state index contributed by atoms with van der Waals surface area (Å²) in [5, 5.41) is 4.12. The van der Waals surface area contributed by atoms with Crippen LogP contribution in [0.2, 0.25) is 0 Å². The summed E-state index contributed by atoms with van der Waals surface area (Å²) in [6, 6.07) is 10.1. The summed E-state index contributed by atoms with van der Waals surface area (Å²) in [4.78, 5) is 15.6. The van der Waals surface area contributed by atoms with Crippen molar-refractivity contribution in [1.82, 2.24) is 19.4 Å². The van der Waals surface area contributed by atoms with Crippen LogP contribution in [0.25, 0.3) is 5.69 Å². The highest BCUT2D eigenvalue weighted by atomic mass is 16.5. The van der Waals surface area contributed by atoms with Gasteiger partial charge in [0, 0.05) is 30.9 Å². The Kier molecular flexibility index (Phi) is 4.52. The first-order valence-electron chi connectivity index (χ1n) is 9.48. The van der Waals surface area contributed by atoms with Crippen LogP contribution in [0.1, 0.15) is 47.2 Å². The molecule has 3 aromatic rings. The average molecular weight is 366 g/mol. The van der Waals surface area contributed by atoms with Gasteiger partial charge in [0.05, 0.1) is 16.9 Å². The zero-order valence-corrected chi connectivity index (χ0v) is 16.4. The molecule has 6 heteroatoms. The standard InChI is InChI=1S/C21H26N4O2/c1-14-20(16(3)27-22-14)19-11-8-12-24(19)13-18-15(2)23(4)25(21(18)26)17-9-6-5-7-10-17/h5-7,9-10,19H,8,11-13H2,1-4H3. The Morgan fingerprint density at radius 3 is 2.59 bits per heavy atom. The van der Waals surface area contributed by atoms with E-state index in [1.807, 2.05) is 62.8 Å². The summed E-state index contributed by atoms with van der Waals surface area (Å²) in [5.74, 6) is 0.885. The smallest absolute Gasteiger partial charge is 0.276 e. The molecule has 1 aliphatic heterocycles. The van der Waals surface area contributed by atoms with Crippen LogP contribution in [0.3, 0.4) is 0 Å². The van der Waals surface area contributed by atoms with Crippen molar-refractivity contribution in [2.75, 3.05) is 6.54 Å². The SMILES string of the molecule is Cc1noc(C)c1C1CCCN1Cc1c(C)n(C)n(-c2ccccc2)c1=O. The highest BCUT2D eigenvalue weighted by Gasteiger charge is 2.32. The van der Waals surface area contributed by atoms with E-state index in [9.17, 15) is 4.79 Å². The molecule has 1 aromatic carbocycles. The van der Waals surface area contributed by atoms with E-state index in [-0.39, 0.29) is 11.6 Å². The summed E-state index contributed by atoms with van der Waals surface area (Å²) < 4.78 is 9.10. The van der Waals surface area contributed by atoms with Gasteiger partial charge in [0.25, 0.3) is 5.56 Å². The lowest BCUT2D eigenvalue weighted by atomic mass is 10.0. The number of hydrogen-bond donors (Lipinski definition) is 0. The summed E-state index contributed by atoms with van der Waals surface area (Å²) in [7, 11) is 1.95. The second-order valence-electron chi connectivity index (χ2n) is 7.41. The number of nitrogens with zero attached hydrogens (tertiary/aromatic N) is 4. The fourth-order valence-corrected chi connectivity index (χ4v) is 4.32. The molecule has 1 unspecified atom stereocenters. The molecule has 0 bridgehead atoms. The van der Waals surface area contributed by atoms with Gasteiger partial charge < -0.3 is 4.52 Å². The lowest BCUT2D eigenvalue weighted by Gasteiger charge is -2.24. The van der Waals surface area contributed by atoms with Crippen LogP contribution in [0.15, 0.2) is 39.6 Å². The first-order chi connectivity index (χ1) is 13.0. The number of aryl methyl sites for hydroxylation is 2. The molecule has 3 heterocycles. The van der Waals surface area contributed by atoms with E-state index in [1.165, 1.54) is 5.56 Å². The van der Waals surface area contributed by atoms with Gasteiger partial charge in [0.2, 0.25) is 0 Å². The molecule has 1 fully saturated rings. The van der Waals surface area contributed by atoms with E-state index in [0.29, 0.717) is 6.54 Å². The Bertz CT molecular complexity index is 993. The first kappa shape index (κ1) is 17.8. The third-order valence-electron chi connectivity index (χ3n) is 5.82.